The van der Waals surface area contributed by atoms with E-state index < -0.39 is 0 Å². The zero-order chi connectivity index (χ0) is 14.4. The minimum Gasteiger partial charge on any atom is -0.380 e. The van der Waals surface area contributed by atoms with E-state index in [2.05, 4.69) is 9.88 Å². The van der Waals surface area contributed by atoms with Crippen LogP contribution in [-0.2, 0) is 9.53 Å². The lowest BCUT2D eigenvalue weighted by molar-refractivity contribution is -0.133. The molecule has 1 unspecified atom stereocenters. The van der Waals surface area contributed by atoms with Crippen LogP contribution in [0, 0.1) is 0 Å². The second-order valence-electron chi connectivity index (χ2n) is 4.85. The highest BCUT2D eigenvalue weighted by molar-refractivity contribution is 5.85. The zero-order valence-electron chi connectivity index (χ0n) is 12.7. The van der Waals surface area contributed by atoms with E-state index in [1.54, 1.807) is 13.3 Å². The first-order valence-corrected chi connectivity index (χ1v) is 6.91. The van der Waals surface area contributed by atoms with E-state index in [4.69, 9.17) is 10.5 Å². The summed E-state index contributed by atoms with van der Waals surface area (Å²) in [7, 11) is 1.59. The molecule has 1 atom stereocenters. The SMILES string of the molecule is COC(CN)CC(=O)N1CCN(c2ccccn2)CC1.Cl.Cl. The van der Waals surface area contributed by atoms with Gasteiger partial charge in [-0.1, -0.05) is 6.07 Å². The van der Waals surface area contributed by atoms with Crippen molar-refractivity contribution < 1.29 is 9.53 Å². The molecule has 1 saturated heterocycles. The Morgan fingerprint density at radius 1 is 1.32 bits per heavy atom. The topological polar surface area (TPSA) is 71.7 Å². The number of piperazine rings is 1. The fourth-order valence-electron chi connectivity index (χ4n) is 2.31. The number of carbonyl (C=O) groups excluding carboxylic acids is 1. The van der Waals surface area contributed by atoms with E-state index in [1.807, 2.05) is 23.1 Å². The van der Waals surface area contributed by atoms with Gasteiger partial charge in [-0.3, -0.25) is 4.79 Å². The number of amides is 1. The van der Waals surface area contributed by atoms with Gasteiger partial charge in [0.2, 0.25) is 5.91 Å². The van der Waals surface area contributed by atoms with E-state index in [9.17, 15) is 4.79 Å². The molecule has 2 heterocycles. The molecule has 1 aromatic rings. The number of rotatable bonds is 5. The number of pyridine rings is 1. The molecular weight excluding hydrogens is 327 g/mol. The highest BCUT2D eigenvalue weighted by Crippen LogP contribution is 2.13. The molecule has 0 bridgehead atoms. The molecule has 0 saturated carbocycles. The molecule has 0 spiro atoms. The molecule has 1 aliphatic rings. The Labute approximate surface area is 143 Å². The van der Waals surface area contributed by atoms with Crippen molar-refractivity contribution in [3.63, 3.8) is 0 Å². The minimum absolute atomic E-state index is 0. The third-order valence-corrected chi connectivity index (χ3v) is 3.60. The van der Waals surface area contributed by atoms with Crippen molar-refractivity contribution in [2.45, 2.75) is 12.5 Å². The van der Waals surface area contributed by atoms with Gasteiger partial charge in [0.15, 0.2) is 0 Å². The van der Waals surface area contributed by atoms with Gasteiger partial charge >= 0.3 is 0 Å². The molecule has 0 aliphatic carbocycles. The average molecular weight is 351 g/mol. The first-order valence-electron chi connectivity index (χ1n) is 6.91. The number of hydrogen-bond donors (Lipinski definition) is 1. The van der Waals surface area contributed by atoms with E-state index in [-0.39, 0.29) is 36.8 Å². The molecule has 0 aromatic carbocycles. The molecule has 1 fully saturated rings. The minimum atomic E-state index is -0.184. The molecule has 22 heavy (non-hydrogen) atoms. The van der Waals surface area contributed by atoms with Gasteiger partial charge in [0.25, 0.3) is 0 Å². The Morgan fingerprint density at radius 2 is 2.00 bits per heavy atom. The average Bonchev–Trinajstić information content (AvgIpc) is 2.53. The van der Waals surface area contributed by atoms with E-state index in [0.717, 1.165) is 32.0 Å². The molecule has 1 aromatic heterocycles. The van der Waals surface area contributed by atoms with Crippen molar-refractivity contribution in [3.8, 4) is 0 Å². The van der Waals surface area contributed by atoms with Crippen molar-refractivity contribution in [2.24, 2.45) is 5.73 Å². The number of aromatic nitrogens is 1. The van der Waals surface area contributed by atoms with Crippen LogP contribution in [0.1, 0.15) is 6.42 Å². The molecule has 1 amide bonds. The molecule has 126 valence electrons. The molecule has 2 rings (SSSR count). The van der Waals surface area contributed by atoms with Crippen LogP contribution in [-0.4, -0.2) is 61.7 Å². The maximum absolute atomic E-state index is 12.1. The van der Waals surface area contributed by atoms with Crippen molar-refractivity contribution in [1.29, 1.82) is 0 Å². The summed E-state index contributed by atoms with van der Waals surface area (Å²) in [5.41, 5.74) is 5.55. The van der Waals surface area contributed by atoms with Gasteiger partial charge in [0.1, 0.15) is 5.82 Å². The number of halogens is 2. The third kappa shape index (κ3) is 5.61. The lowest BCUT2D eigenvalue weighted by Crippen LogP contribution is -2.49. The molecule has 8 heteroatoms. The first kappa shape index (κ1) is 20.9. The quantitative estimate of drug-likeness (QED) is 0.855. The molecule has 2 N–H and O–H groups in total. The van der Waals surface area contributed by atoms with Crippen LogP contribution in [0.15, 0.2) is 24.4 Å². The standard InChI is InChI=1S/C14H22N4O2.2ClH/c1-20-12(11-15)10-14(19)18-8-6-17(7-9-18)13-4-2-3-5-16-13;;/h2-5,12H,6-11,15H2,1H3;2*1H. The van der Waals surface area contributed by atoms with Crippen LogP contribution in [0.4, 0.5) is 5.82 Å². The summed E-state index contributed by atoms with van der Waals surface area (Å²) < 4.78 is 5.16. The van der Waals surface area contributed by atoms with Gasteiger partial charge in [-0.2, -0.15) is 0 Å². The Hall–Kier alpha value is -1.08. The summed E-state index contributed by atoms with van der Waals surface area (Å²) in [6.45, 7) is 3.43. The zero-order valence-corrected chi connectivity index (χ0v) is 14.3. The Bertz CT molecular complexity index is 424. The highest BCUT2D eigenvalue weighted by Gasteiger charge is 2.23. The van der Waals surface area contributed by atoms with Gasteiger partial charge in [-0.05, 0) is 12.1 Å². The first-order chi connectivity index (χ1) is 9.74. The summed E-state index contributed by atoms with van der Waals surface area (Å²) in [4.78, 5) is 20.5. The fourth-order valence-corrected chi connectivity index (χ4v) is 2.31. The summed E-state index contributed by atoms with van der Waals surface area (Å²) >= 11 is 0. The van der Waals surface area contributed by atoms with E-state index in [1.165, 1.54) is 0 Å². The van der Waals surface area contributed by atoms with Crippen LogP contribution in [0.2, 0.25) is 0 Å². The molecular formula is C14H24Cl2N4O2. The van der Waals surface area contributed by atoms with E-state index in [0.29, 0.717) is 13.0 Å². The maximum Gasteiger partial charge on any atom is 0.225 e. The normalized spacial score (nSPS) is 15.5. The number of hydrogen-bond acceptors (Lipinski definition) is 5. The monoisotopic (exact) mass is 350 g/mol. The number of carbonyl (C=O) groups is 1. The second-order valence-corrected chi connectivity index (χ2v) is 4.85. The fraction of sp³-hybridized carbons (Fsp3) is 0.571. The van der Waals surface area contributed by atoms with Gasteiger partial charge in [-0.25, -0.2) is 4.98 Å². The Balaban J connectivity index is 0.00000220. The van der Waals surface area contributed by atoms with Gasteiger partial charge in [-0.15, -0.1) is 24.8 Å². The van der Waals surface area contributed by atoms with Crippen molar-refractivity contribution in [3.05, 3.63) is 24.4 Å². The highest BCUT2D eigenvalue weighted by atomic mass is 35.5. The van der Waals surface area contributed by atoms with E-state index >= 15 is 0 Å². The molecule has 6 nitrogen and oxygen atoms in total. The smallest absolute Gasteiger partial charge is 0.225 e. The number of methoxy groups -OCH3 is 1. The van der Waals surface area contributed by atoms with Gasteiger partial charge in [0, 0.05) is 46.0 Å². The van der Waals surface area contributed by atoms with Crippen molar-refractivity contribution in [2.75, 3.05) is 44.7 Å². The third-order valence-electron chi connectivity index (χ3n) is 3.60. The summed E-state index contributed by atoms with van der Waals surface area (Å²) in [5.74, 6) is 1.08. The number of nitrogens with zero attached hydrogens (tertiary/aromatic N) is 3. The predicted octanol–water partition coefficient (Wildman–Crippen LogP) is 0.938. The summed E-state index contributed by atoms with van der Waals surface area (Å²) in [5, 5.41) is 0. The second kappa shape index (κ2) is 10.6. The van der Waals surface area contributed by atoms with Crippen LogP contribution >= 0.6 is 24.8 Å². The summed E-state index contributed by atoms with van der Waals surface area (Å²) in [6.07, 6.45) is 1.96. The largest absolute Gasteiger partial charge is 0.380 e. The number of ether oxygens (including phenoxy) is 1. The van der Waals surface area contributed by atoms with Gasteiger partial charge < -0.3 is 20.3 Å². The van der Waals surface area contributed by atoms with Crippen molar-refractivity contribution >= 4 is 36.5 Å². The van der Waals surface area contributed by atoms with Crippen LogP contribution < -0.4 is 10.6 Å². The Kier molecular flexibility index (Phi) is 10.1. The predicted molar refractivity (Wildman–Crippen MR) is 92.0 cm³/mol. The number of anilines is 1. The van der Waals surface area contributed by atoms with Crippen LogP contribution in [0.3, 0.4) is 0 Å². The van der Waals surface area contributed by atoms with Crippen LogP contribution in [0.25, 0.3) is 0 Å². The lowest BCUT2D eigenvalue weighted by Gasteiger charge is -2.35. The molecule has 0 radical (unpaired) electrons. The maximum atomic E-state index is 12.1. The number of nitrogens with two attached hydrogens (primary N) is 1. The van der Waals surface area contributed by atoms with Crippen LogP contribution in [0.5, 0.6) is 0 Å². The lowest BCUT2D eigenvalue weighted by atomic mass is 10.2. The molecule has 1 aliphatic heterocycles. The summed E-state index contributed by atoms with van der Waals surface area (Å²) in [6, 6.07) is 5.87. The Morgan fingerprint density at radius 3 is 2.50 bits per heavy atom. The van der Waals surface area contributed by atoms with Gasteiger partial charge in [0.05, 0.1) is 12.5 Å². The van der Waals surface area contributed by atoms with Crippen molar-refractivity contribution in [1.82, 2.24) is 9.88 Å².